The van der Waals surface area contributed by atoms with Crippen molar-refractivity contribution in [2.75, 3.05) is 20.9 Å². The van der Waals surface area contributed by atoms with E-state index in [1.54, 1.807) is 19.2 Å². The minimum atomic E-state index is -2.36. The van der Waals surface area contributed by atoms with Gasteiger partial charge in [-0.2, -0.15) is 0 Å². The van der Waals surface area contributed by atoms with E-state index in [4.69, 9.17) is 33.6 Å². The van der Waals surface area contributed by atoms with Crippen molar-refractivity contribution >= 4 is 30.9 Å². The normalized spacial score (nSPS) is 20.1. The Kier molecular flexibility index (Phi) is 27.0. The van der Waals surface area contributed by atoms with Gasteiger partial charge in [0, 0.05) is 31.2 Å². The molecule has 4 N–H and O–H groups in total. The second-order valence-electron chi connectivity index (χ2n) is 24.5. The number of carbonyl (C=O) groups is 1. The van der Waals surface area contributed by atoms with Crippen molar-refractivity contribution in [3.8, 4) is 0 Å². The predicted molar refractivity (Wildman–Crippen MR) is 289 cm³/mol. The largest absolute Gasteiger partial charge is 0.413 e. The SMILES string of the molecule is C=CC=CC(C)[C@H](OOCN)[C@@H](C)[C@H](O[Si](C)(C)C(C)(C)C)[C@@H](C)CC(C)=CC(C)C(O[Si](C)(C)C(C)(C)C)[C@@H](C)C=C[C@@H](O)C[C@H](O)C(C)C(O[Si](C)(C)C(C)(C)C)C(C)C(=O)N(C)OC. The van der Waals surface area contributed by atoms with Crippen LogP contribution in [-0.4, -0.2) is 104 Å². The molecule has 0 heterocycles. The standard InChI is InChI=1S/C53H106N2O9Si3/c1-27-28-29-37(3)47(61-60-35-54)42(8)48(63-66(23,24)52(13,14)15)40(6)33-36(2)32-39(5)46(62-65(21,22)51(10,11)12)38(4)30-31-44(56)34-45(57)41(7)49(43(9)50(58)55(19)59-20)64-67(25,26)53(16,17)18/h27-32,37-49,56-57H,1,33-35,54H2,2-26H3/t37?,38-,39?,40-,41?,42+,43?,44+,45-,46?,47-,48+,49?/m0/s1. The highest BCUT2D eigenvalue weighted by molar-refractivity contribution is 6.75. The van der Waals surface area contributed by atoms with E-state index >= 15 is 0 Å². The molecule has 0 saturated heterocycles. The molecule has 1 amide bonds. The smallest absolute Gasteiger partial charge is 0.251 e. The Bertz CT molecular complexity index is 1560. The van der Waals surface area contributed by atoms with Gasteiger partial charge in [0.05, 0.1) is 43.5 Å². The summed E-state index contributed by atoms with van der Waals surface area (Å²) in [6.45, 7) is 54.3. The van der Waals surface area contributed by atoms with Crippen LogP contribution < -0.4 is 5.73 Å². The summed E-state index contributed by atoms with van der Waals surface area (Å²) in [5.74, 6) is -1.16. The maximum Gasteiger partial charge on any atom is 0.251 e. The summed E-state index contributed by atoms with van der Waals surface area (Å²) >= 11 is 0. The zero-order chi connectivity index (χ0) is 52.8. The lowest BCUT2D eigenvalue weighted by molar-refractivity contribution is -0.342. The van der Waals surface area contributed by atoms with Crippen LogP contribution in [0.4, 0.5) is 0 Å². The van der Waals surface area contributed by atoms with Gasteiger partial charge in [0.1, 0.15) is 12.8 Å². The van der Waals surface area contributed by atoms with Crippen molar-refractivity contribution in [2.24, 2.45) is 47.2 Å². The number of aliphatic hydroxyl groups is 2. The molecule has 0 fully saturated rings. The fourth-order valence-electron chi connectivity index (χ4n) is 7.90. The molecule has 0 aromatic carbocycles. The lowest BCUT2D eigenvalue weighted by Crippen LogP contribution is -2.52. The lowest BCUT2D eigenvalue weighted by atomic mass is 9.81. The number of nitrogens with two attached hydrogens (primary N) is 1. The first kappa shape index (κ1) is 65.7. The third-order valence-corrected chi connectivity index (χ3v) is 29.0. The van der Waals surface area contributed by atoms with Gasteiger partial charge in [0.2, 0.25) is 0 Å². The average molecular weight is 1000 g/mol. The molecular weight excluding hydrogens is 893 g/mol. The molecule has 0 aliphatic heterocycles. The minimum absolute atomic E-state index is 0.00630. The van der Waals surface area contributed by atoms with Crippen LogP contribution >= 0.6 is 0 Å². The number of allylic oxidation sites excluding steroid dienone is 3. The van der Waals surface area contributed by atoms with E-state index in [1.165, 1.54) is 17.7 Å². The summed E-state index contributed by atoms with van der Waals surface area (Å²) in [7, 11) is -3.79. The van der Waals surface area contributed by atoms with Crippen molar-refractivity contribution in [3.63, 3.8) is 0 Å². The van der Waals surface area contributed by atoms with Crippen LogP contribution in [0, 0.1) is 41.4 Å². The Morgan fingerprint density at radius 3 is 1.57 bits per heavy atom. The maximum absolute atomic E-state index is 13.4. The van der Waals surface area contributed by atoms with Crippen LogP contribution in [0.3, 0.4) is 0 Å². The maximum atomic E-state index is 13.4. The highest BCUT2D eigenvalue weighted by Crippen LogP contribution is 2.43. The number of nitrogens with zero attached hydrogens (tertiary/aromatic N) is 1. The second-order valence-corrected chi connectivity index (χ2v) is 38.8. The number of hydrogen-bond acceptors (Lipinski definition) is 10. The van der Waals surface area contributed by atoms with Gasteiger partial charge in [-0.15, -0.1) is 0 Å². The summed E-state index contributed by atoms with van der Waals surface area (Å²) in [5.41, 5.74) is 7.01. The third-order valence-electron chi connectivity index (χ3n) is 15.6. The van der Waals surface area contributed by atoms with Crippen LogP contribution in [0.25, 0.3) is 0 Å². The Morgan fingerprint density at radius 2 is 1.13 bits per heavy atom. The molecule has 0 aromatic heterocycles. The molecule has 0 radical (unpaired) electrons. The number of amides is 1. The number of hydroxylamine groups is 2. The van der Waals surface area contributed by atoms with Crippen LogP contribution in [0.15, 0.2) is 48.6 Å². The molecule has 11 nitrogen and oxygen atoms in total. The molecular formula is C53H106N2O9Si3. The molecule has 67 heavy (non-hydrogen) atoms. The molecule has 394 valence electrons. The first-order valence-electron chi connectivity index (χ1n) is 25.1. The fraction of sp³-hybridized carbons (Fsp3) is 0.830. The number of carbonyl (C=O) groups excluding carboxylic acids is 1. The number of hydrogen-bond donors (Lipinski definition) is 3. The van der Waals surface area contributed by atoms with E-state index < -0.39 is 55.1 Å². The molecule has 13 atom stereocenters. The van der Waals surface area contributed by atoms with Gasteiger partial charge >= 0.3 is 0 Å². The summed E-state index contributed by atoms with van der Waals surface area (Å²) in [5, 5.41) is 24.3. The fourth-order valence-corrected chi connectivity index (χ4v) is 12.3. The molecule has 0 spiro atoms. The molecule has 14 heteroatoms. The van der Waals surface area contributed by atoms with Gasteiger partial charge in [-0.3, -0.25) is 9.63 Å². The van der Waals surface area contributed by atoms with E-state index in [0.717, 1.165) is 6.42 Å². The van der Waals surface area contributed by atoms with Crippen molar-refractivity contribution in [1.29, 1.82) is 0 Å². The molecule has 0 aliphatic rings. The zero-order valence-electron chi connectivity index (χ0n) is 47.6. The van der Waals surface area contributed by atoms with Gasteiger partial charge in [0.25, 0.3) is 5.91 Å². The van der Waals surface area contributed by atoms with Crippen molar-refractivity contribution in [2.45, 2.75) is 222 Å². The molecule has 0 aromatic rings. The summed E-state index contributed by atoms with van der Waals surface area (Å²) in [6.07, 6.45) is 9.85. The van der Waals surface area contributed by atoms with Crippen molar-refractivity contribution in [1.82, 2.24) is 5.06 Å². The van der Waals surface area contributed by atoms with Gasteiger partial charge < -0.3 is 29.2 Å². The van der Waals surface area contributed by atoms with Gasteiger partial charge in [0.15, 0.2) is 25.0 Å². The Balaban J connectivity index is 6.92. The molecule has 0 aliphatic carbocycles. The van der Waals surface area contributed by atoms with Crippen LogP contribution in [0.1, 0.15) is 131 Å². The van der Waals surface area contributed by atoms with E-state index in [0.29, 0.717) is 0 Å². The monoisotopic (exact) mass is 999 g/mol. The number of aliphatic hydroxyl groups excluding tert-OH is 2. The van der Waals surface area contributed by atoms with Gasteiger partial charge in [-0.05, 0) is 85.5 Å². The van der Waals surface area contributed by atoms with Crippen molar-refractivity contribution < 1.29 is 42.9 Å². The van der Waals surface area contributed by atoms with Gasteiger partial charge in [-0.1, -0.05) is 159 Å². The average Bonchev–Trinajstić information content (AvgIpc) is 3.19. The van der Waals surface area contributed by atoms with Crippen LogP contribution in [0.5, 0.6) is 0 Å². The predicted octanol–water partition coefficient (Wildman–Crippen LogP) is 12.6. The first-order chi connectivity index (χ1) is 30.2. The van der Waals surface area contributed by atoms with E-state index in [2.05, 4.69) is 162 Å². The first-order valence-corrected chi connectivity index (χ1v) is 33.8. The summed E-state index contributed by atoms with van der Waals surface area (Å²) < 4.78 is 21.5. The van der Waals surface area contributed by atoms with E-state index in [1.807, 2.05) is 26.0 Å². The third kappa shape index (κ3) is 20.4. The topological polar surface area (TPSA) is 142 Å². The molecule has 0 saturated carbocycles. The Morgan fingerprint density at radius 1 is 0.687 bits per heavy atom. The lowest BCUT2D eigenvalue weighted by Gasteiger charge is -2.44. The summed E-state index contributed by atoms with van der Waals surface area (Å²) in [6, 6.07) is 0. The van der Waals surface area contributed by atoms with E-state index in [9.17, 15) is 15.0 Å². The second kappa shape index (κ2) is 27.5. The molecule has 6 unspecified atom stereocenters. The number of rotatable bonds is 29. The van der Waals surface area contributed by atoms with Crippen molar-refractivity contribution in [3.05, 3.63) is 48.6 Å². The van der Waals surface area contributed by atoms with Crippen LogP contribution in [-0.2, 0) is 32.7 Å². The van der Waals surface area contributed by atoms with Crippen LogP contribution in [0.2, 0.25) is 54.4 Å². The highest BCUT2D eigenvalue weighted by atomic mass is 28.4. The quantitative estimate of drug-likeness (QED) is 0.0166. The Hall–Kier alpha value is -1.28. The van der Waals surface area contributed by atoms with E-state index in [-0.39, 0.29) is 82.1 Å². The minimum Gasteiger partial charge on any atom is -0.413 e. The molecule has 0 bridgehead atoms. The Labute approximate surface area is 415 Å². The zero-order valence-corrected chi connectivity index (χ0v) is 50.6. The van der Waals surface area contributed by atoms with Gasteiger partial charge in [-0.25, -0.2) is 14.8 Å². The molecule has 0 rings (SSSR count). The highest BCUT2D eigenvalue weighted by Gasteiger charge is 2.46. The summed E-state index contributed by atoms with van der Waals surface area (Å²) in [4.78, 5) is 30.1.